The van der Waals surface area contributed by atoms with Crippen molar-refractivity contribution in [3.05, 3.63) is 115 Å². The highest BCUT2D eigenvalue weighted by Crippen LogP contribution is 2.47. The Labute approximate surface area is 199 Å². The third-order valence-electron chi connectivity index (χ3n) is 6.45. The number of anilines is 1. The Morgan fingerprint density at radius 2 is 1.73 bits per heavy atom. The highest BCUT2D eigenvalue weighted by atomic mass is 35.5. The van der Waals surface area contributed by atoms with Crippen LogP contribution >= 0.6 is 22.9 Å². The minimum Gasteiger partial charge on any atom is -0.343 e. The first-order chi connectivity index (χ1) is 16.1. The summed E-state index contributed by atoms with van der Waals surface area (Å²) in [4.78, 5) is 28.4. The number of thiophene rings is 1. The molecule has 2 atom stereocenters. The molecule has 1 aliphatic carbocycles. The highest BCUT2D eigenvalue weighted by Gasteiger charge is 2.41. The van der Waals surface area contributed by atoms with Crippen LogP contribution in [0.3, 0.4) is 0 Å². The first kappa shape index (κ1) is 20.3. The molecule has 4 aromatic rings. The van der Waals surface area contributed by atoms with E-state index in [-0.39, 0.29) is 17.3 Å². The molecule has 5 nitrogen and oxygen atoms in total. The number of rotatable bonds is 3. The van der Waals surface area contributed by atoms with Gasteiger partial charge in [0.1, 0.15) is 5.82 Å². The van der Waals surface area contributed by atoms with Gasteiger partial charge in [-0.2, -0.15) is 0 Å². The highest BCUT2D eigenvalue weighted by molar-refractivity contribution is 7.10. The number of halogens is 1. The number of carbonyl (C=O) groups excluding carboxylic acids is 1. The number of H-pyrrole nitrogens is 1. The summed E-state index contributed by atoms with van der Waals surface area (Å²) in [5, 5.41) is 9.34. The molecule has 2 N–H and O–H groups in total. The lowest BCUT2D eigenvalue weighted by Crippen LogP contribution is -2.31. The Morgan fingerprint density at radius 1 is 0.939 bits per heavy atom. The van der Waals surface area contributed by atoms with Crippen LogP contribution in [0.2, 0.25) is 5.02 Å². The third-order valence-corrected chi connectivity index (χ3v) is 7.74. The minimum absolute atomic E-state index is 0.0830. The van der Waals surface area contributed by atoms with Gasteiger partial charge in [-0.1, -0.05) is 48.0 Å². The molecule has 6 rings (SSSR count). The van der Waals surface area contributed by atoms with Crippen molar-refractivity contribution in [2.24, 2.45) is 0 Å². The topological polar surface area (TPSA) is 66.9 Å². The van der Waals surface area contributed by atoms with Crippen LogP contribution in [-0.4, -0.2) is 15.6 Å². The van der Waals surface area contributed by atoms with E-state index in [1.165, 1.54) is 4.88 Å². The van der Waals surface area contributed by atoms with E-state index in [2.05, 4.69) is 16.5 Å². The molecule has 0 fully saturated rings. The fourth-order valence-corrected chi connectivity index (χ4v) is 5.92. The average Bonchev–Trinajstić information content (AvgIpc) is 3.48. The Kier molecular flexibility index (Phi) is 4.85. The Morgan fingerprint density at radius 3 is 2.45 bits per heavy atom. The van der Waals surface area contributed by atoms with Crippen LogP contribution in [0.15, 0.2) is 88.2 Å². The van der Waals surface area contributed by atoms with Crippen molar-refractivity contribution >= 4 is 34.5 Å². The van der Waals surface area contributed by atoms with Crippen molar-refractivity contribution in [2.75, 3.05) is 5.32 Å². The molecule has 0 radical (unpaired) electrons. The molecule has 0 spiro atoms. The molecule has 0 saturated heterocycles. The van der Waals surface area contributed by atoms with Crippen LogP contribution in [0.25, 0.3) is 5.69 Å². The molecule has 0 amide bonds. The number of aromatic nitrogens is 2. The second kappa shape index (κ2) is 7.90. The van der Waals surface area contributed by atoms with Gasteiger partial charge in [0.05, 0.1) is 11.3 Å². The smallest absolute Gasteiger partial charge is 0.277 e. The van der Waals surface area contributed by atoms with Gasteiger partial charge in [0.15, 0.2) is 5.78 Å². The number of para-hydroxylation sites is 1. The maximum absolute atomic E-state index is 13.6. The molecule has 164 valence electrons. The Balaban J connectivity index is 1.53. The number of hydrogen-bond donors (Lipinski definition) is 2. The van der Waals surface area contributed by atoms with Crippen LogP contribution in [0, 0.1) is 0 Å². The fraction of sp³-hybridized carbons (Fsp3) is 0.154. The summed E-state index contributed by atoms with van der Waals surface area (Å²) in [5.74, 6) is 0.417. The van der Waals surface area contributed by atoms with Crippen molar-refractivity contribution in [2.45, 2.75) is 24.7 Å². The minimum atomic E-state index is -0.445. The number of carbonyl (C=O) groups is 1. The largest absolute Gasteiger partial charge is 0.343 e. The maximum Gasteiger partial charge on any atom is 0.277 e. The first-order valence-corrected chi connectivity index (χ1v) is 12.1. The molecular weight excluding hydrogens is 454 g/mol. The van der Waals surface area contributed by atoms with Crippen LogP contribution in [-0.2, 0) is 4.79 Å². The molecule has 2 aliphatic rings. The van der Waals surface area contributed by atoms with E-state index in [0.29, 0.717) is 28.4 Å². The summed E-state index contributed by atoms with van der Waals surface area (Å²) in [6.07, 6.45) is 1.17. The summed E-state index contributed by atoms with van der Waals surface area (Å²) in [6.45, 7) is 0. The van der Waals surface area contributed by atoms with E-state index in [0.717, 1.165) is 23.4 Å². The number of benzene rings is 2. The average molecular weight is 474 g/mol. The Hall–Kier alpha value is -3.35. The van der Waals surface area contributed by atoms with Gasteiger partial charge >= 0.3 is 0 Å². The van der Waals surface area contributed by atoms with Gasteiger partial charge in [0.25, 0.3) is 5.56 Å². The molecule has 33 heavy (non-hydrogen) atoms. The van der Waals surface area contributed by atoms with Gasteiger partial charge in [0.2, 0.25) is 0 Å². The van der Waals surface area contributed by atoms with Gasteiger partial charge in [-0.05, 0) is 47.7 Å². The number of nitrogens with one attached hydrogen (secondary N) is 2. The molecule has 3 heterocycles. The molecule has 1 aliphatic heterocycles. The van der Waals surface area contributed by atoms with Crippen molar-refractivity contribution in [1.82, 2.24) is 9.78 Å². The molecule has 2 aromatic carbocycles. The van der Waals surface area contributed by atoms with E-state index in [1.54, 1.807) is 16.0 Å². The van der Waals surface area contributed by atoms with Crippen LogP contribution in [0.4, 0.5) is 5.82 Å². The number of nitrogens with zero attached hydrogens (tertiary/aromatic N) is 1. The zero-order chi connectivity index (χ0) is 22.5. The van der Waals surface area contributed by atoms with Gasteiger partial charge in [-0.3, -0.25) is 14.7 Å². The summed E-state index contributed by atoms with van der Waals surface area (Å²) >= 11 is 7.83. The first-order valence-electron chi connectivity index (χ1n) is 10.8. The van der Waals surface area contributed by atoms with Crippen molar-refractivity contribution in [1.29, 1.82) is 0 Å². The lowest BCUT2D eigenvalue weighted by Gasteiger charge is -2.34. The molecule has 2 aromatic heterocycles. The predicted molar refractivity (Wildman–Crippen MR) is 132 cm³/mol. The van der Waals surface area contributed by atoms with E-state index in [1.807, 2.05) is 66.0 Å². The van der Waals surface area contributed by atoms with Gasteiger partial charge in [0, 0.05) is 39.4 Å². The van der Waals surface area contributed by atoms with Crippen LogP contribution < -0.4 is 10.9 Å². The summed E-state index contributed by atoms with van der Waals surface area (Å²) < 4.78 is 1.54. The Bertz CT molecular complexity index is 1430. The molecule has 7 heteroatoms. The zero-order valence-corrected chi connectivity index (χ0v) is 19.1. The van der Waals surface area contributed by atoms with Crippen LogP contribution in [0.1, 0.15) is 40.7 Å². The quantitative estimate of drug-likeness (QED) is 0.393. The maximum atomic E-state index is 13.6. The number of fused-ring (bicyclic) bond motifs is 1. The number of Topliss-reactive ketones (excluding diaryl/α,β-unsaturated/α-hetero) is 1. The van der Waals surface area contributed by atoms with Gasteiger partial charge in [-0.15, -0.1) is 11.3 Å². The lowest BCUT2D eigenvalue weighted by atomic mass is 9.74. The molecule has 0 saturated carbocycles. The second-order valence-corrected chi connectivity index (χ2v) is 9.84. The normalized spacial score (nSPS) is 19.7. The van der Waals surface area contributed by atoms with E-state index < -0.39 is 5.92 Å². The standard InChI is InChI=1S/C26H20ClN3O2S/c27-17-10-8-15(9-11-17)22-23-19(13-16(14-20(23)31)21-7-4-12-33-21)28-25-24(22)26(32)30(29-25)18-5-2-1-3-6-18/h1-12,16,22,28-29H,13-14H2/t16-,22-/m0/s1. The third kappa shape index (κ3) is 3.37. The van der Waals surface area contributed by atoms with Gasteiger partial charge < -0.3 is 5.32 Å². The summed E-state index contributed by atoms with van der Waals surface area (Å²) in [6, 6.07) is 21.0. The monoisotopic (exact) mass is 473 g/mol. The van der Waals surface area contributed by atoms with Gasteiger partial charge in [-0.25, -0.2) is 4.68 Å². The summed E-state index contributed by atoms with van der Waals surface area (Å²) in [7, 11) is 0. The van der Waals surface area contributed by atoms with E-state index >= 15 is 0 Å². The van der Waals surface area contributed by atoms with E-state index in [9.17, 15) is 9.59 Å². The van der Waals surface area contributed by atoms with Crippen molar-refractivity contribution in [3.63, 3.8) is 0 Å². The number of aromatic amines is 1. The van der Waals surface area contributed by atoms with Crippen molar-refractivity contribution < 1.29 is 4.79 Å². The van der Waals surface area contributed by atoms with Crippen LogP contribution in [0.5, 0.6) is 0 Å². The fourth-order valence-electron chi connectivity index (χ4n) is 4.96. The number of allylic oxidation sites excluding steroid dienone is 2. The molecule has 0 unspecified atom stereocenters. The SMILES string of the molecule is O=C1C[C@@H](c2cccs2)CC2=C1[C@H](c1ccc(Cl)cc1)c1c([nH]n(-c3ccccc3)c1=O)N2. The zero-order valence-electron chi connectivity index (χ0n) is 17.5. The summed E-state index contributed by atoms with van der Waals surface area (Å²) in [5.41, 5.74) is 3.60. The molecule has 0 bridgehead atoms. The second-order valence-electron chi connectivity index (χ2n) is 8.42. The molecular formula is C26H20ClN3O2S. The van der Waals surface area contributed by atoms with Crippen molar-refractivity contribution in [3.8, 4) is 5.69 Å². The number of hydrogen-bond acceptors (Lipinski definition) is 4. The lowest BCUT2D eigenvalue weighted by molar-refractivity contribution is -0.116. The predicted octanol–water partition coefficient (Wildman–Crippen LogP) is 5.84. The van der Waals surface area contributed by atoms with E-state index in [4.69, 9.17) is 11.6 Å². The number of ketones is 1.